The number of aryl methyl sites for hydroxylation is 1. The van der Waals surface area contributed by atoms with Crippen LogP contribution in [0, 0.1) is 12.8 Å². The maximum Gasteiger partial charge on any atom is 0.254 e. The number of piperazine rings is 1. The van der Waals surface area contributed by atoms with Gasteiger partial charge in [0.05, 0.1) is 6.04 Å². The van der Waals surface area contributed by atoms with Crippen LogP contribution in [0.4, 0.5) is 0 Å². The molecule has 0 radical (unpaired) electrons. The zero-order valence-corrected chi connectivity index (χ0v) is 16.3. The number of amides is 2. The van der Waals surface area contributed by atoms with Gasteiger partial charge in [0, 0.05) is 38.3 Å². The van der Waals surface area contributed by atoms with Crippen LogP contribution < -0.4 is 5.32 Å². The number of nitrogens with one attached hydrogen (secondary N) is 1. The Hall–Kier alpha value is -2.14. The first-order valence-corrected chi connectivity index (χ1v) is 10.1. The van der Waals surface area contributed by atoms with Crippen molar-refractivity contribution in [3.8, 4) is 0 Å². The fourth-order valence-electron chi connectivity index (χ4n) is 4.41. The summed E-state index contributed by atoms with van der Waals surface area (Å²) in [4.78, 5) is 29.8. The van der Waals surface area contributed by atoms with Crippen LogP contribution >= 0.6 is 0 Å². The second kappa shape index (κ2) is 9.18. The van der Waals surface area contributed by atoms with Crippen LogP contribution in [0.1, 0.15) is 41.6 Å². The van der Waals surface area contributed by atoms with Crippen LogP contribution in [-0.2, 0) is 4.79 Å². The molecule has 2 fully saturated rings. The monoisotopic (exact) mass is 369 g/mol. The molecule has 146 valence electrons. The van der Waals surface area contributed by atoms with Gasteiger partial charge in [0.2, 0.25) is 5.91 Å². The van der Waals surface area contributed by atoms with Crippen molar-refractivity contribution in [3.05, 3.63) is 48.0 Å². The van der Waals surface area contributed by atoms with Crippen LogP contribution in [0.25, 0.3) is 0 Å². The van der Waals surface area contributed by atoms with Crippen molar-refractivity contribution >= 4 is 11.8 Å². The minimum Gasteiger partial charge on any atom is -0.351 e. The van der Waals surface area contributed by atoms with Gasteiger partial charge in [-0.1, -0.05) is 37.1 Å². The molecular weight excluding hydrogens is 338 g/mol. The van der Waals surface area contributed by atoms with E-state index in [-0.39, 0.29) is 17.9 Å². The first kappa shape index (κ1) is 19.6. The van der Waals surface area contributed by atoms with Gasteiger partial charge in [0.1, 0.15) is 0 Å². The van der Waals surface area contributed by atoms with E-state index in [1.807, 2.05) is 36.1 Å². The number of carbonyl (C=O) groups is 2. The Labute approximate surface area is 162 Å². The third-order valence-electron chi connectivity index (χ3n) is 5.91. The van der Waals surface area contributed by atoms with Gasteiger partial charge in [-0.25, -0.2) is 0 Å². The summed E-state index contributed by atoms with van der Waals surface area (Å²) in [5, 5.41) is 2.99. The molecule has 1 aliphatic carbocycles. The maximum absolute atomic E-state index is 12.8. The van der Waals surface area contributed by atoms with Crippen LogP contribution in [0.3, 0.4) is 0 Å². The lowest BCUT2D eigenvalue weighted by atomic mass is 9.95. The smallest absolute Gasteiger partial charge is 0.254 e. The molecule has 1 aliphatic heterocycles. The summed E-state index contributed by atoms with van der Waals surface area (Å²) in [6.07, 6.45) is 6.38. The molecule has 2 amide bonds. The van der Waals surface area contributed by atoms with Gasteiger partial charge in [-0.15, -0.1) is 6.58 Å². The summed E-state index contributed by atoms with van der Waals surface area (Å²) >= 11 is 0. The molecular formula is C22H31N3O2. The van der Waals surface area contributed by atoms with E-state index in [9.17, 15) is 9.59 Å². The van der Waals surface area contributed by atoms with Gasteiger partial charge in [-0.05, 0) is 37.3 Å². The zero-order chi connectivity index (χ0) is 19.2. The highest BCUT2D eigenvalue weighted by Crippen LogP contribution is 2.31. The molecule has 1 unspecified atom stereocenters. The van der Waals surface area contributed by atoms with Gasteiger partial charge in [-0.3, -0.25) is 14.5 Å². The molecule has 0 aromatic heterocycles. The normalized spacial score (nSPS) is 19.7. The van der Waals surface area contributed by atoms with Crippen LogP contribution in [0.2, 0.25) is 0 Å². The molecule has 5 heteroatoms. The number of hydrogen-bond acceptors (Lipinski definition) is 3. The first-order valence-electron chi connectivity index (χ1n) is 10.1. The highest BCUT2D eigenvalue weighted by atomic mass is 16.2. The highest BCUT2D eigenvalue weighted by molar-refractivity contribution is 5.95. The van der Waals surface area contributed by atoms with E-state index in [0.29, 0.717) is 25.6 Å². The molecule has 1 heterocycles. The number of rotatable bonds is 6. The summed E-state index contributed by atoms with van der Waals surface area (Å²) < 4.78 is 0. The van der Waals surface area contributed by atoms with E-state index in [1.54, 1.807) is 6.08 Å². The van der Waals surface area contributed by atoms with Crippen molar-refractivity contribution in [2.75, 3.05) is 32.7 Å². The molecule has 1 saturated heterocycles. The Balaban J connectivity index is 1.64. The molecule has 1 N–H and O–H groups in total. The average molecular weight is 370 g/mol. The second-order valence-electron chi connectivity index (χ2n) is 7.67. The van der Waals surface area contributed by atoms with Crippen LogP contribution in [0.5, 0.6) is 0 Å². The summed E-state index contributed by atoms with van der Waals surface area (Å²) in [5.74, 6) is 0.634. The van der Waals surface area contributed by atoms with Crippen molar-refractivity contribution in [1.29, 1.82) is 0 Å². The molecule has 5 nitrogen and oxygen atoms in total. The fraction of sp³-hybridized carbons (Fsp3) is 0.545. The van der Waals surface area contributed by atoms with Crippen LogP contribution in [-0.4, -0.2) is 60.4 Å². The topological polar surface area (TPSA) is 52.7 Å². The molecule has 0 spiro atoms. The molecule has 3 rings (SSSR count). The summed E-state index contributed by atoms with van der Waals surface area (Å²) in [6.45, 7) is 9.02. The number of hydrogen-bond donors (Lipinski definition) is 1. The van der Waals surface area contributed by atoms with Gasteiger partial charge >= 0.3 is 0 Å². The third-order valence-corrected chi connectivity index (χ3v) is 5.91. The minimum absolute atomic E-state index is 0.0804. The molecule has 0 bridgehead atoms. The molecule has 27 heavy (non-hydrogen) atoms. The Morgan fingerprint density at radius 2 is 1.85 bits per heavy atom. The lowest BCUT2D eigenvalue weighted by Gasteiger charge is -2.40. The SMILES string of the molecule is C=CCNC(=O)C(C1CCCC1)N1CCN(C(=O)c2ccccc2C)CC1. The Bertz CT molecular complexity index is 674. The standard InChI is InChI=1S/C22H31N3O2/c1-3-12-23-21(26)20(18-9-5-6-10-18)24-13-15-25(16-14-24)22(27)19-11-7-4-8-17(19)2/h3-4,7-8,11,18,20H,1,5-6,9-10,12-16H2,2H3,(H,23,26). The van der Waals surface area contributed by atoms with Crippen molar-refractivity contribution in [2.24, 2.45) is 5.92 Å². The van der Waals surface area contributed by atoms with Gasteiger partial charge < -0.3 is 10.2 Å². The highest BCUT2D eigenvalue weighted by Gasteiger charge is 2.37. The molecule has 1 atom stereocenters. The van der Waals surface area contributed by atoms with E-state index in [1.165, 1.54) is 12.8 Å². The minimum atomic E-state index is -0.0804. The maximum atomic E-state index is 12.8. The van der Waals surface area contributed by atoms with Gasteiger partial charge in [-0.2, -0.15) is 0 Å². The van der Waals surface area contributed by atoms with Crippen LogP contribution in [0.15, 0.2) is 36.9 Å². The van der Waals surface area contributed by atoms with E-state index in [2.05, 4.69) is 16.8 Å². The van der Waals surface area contributed by atoms with E-state index >= 15 is 0 Å². The molecule has 1 aromatic carbocycles. The fourth-order valence-corrected chi connectivity index (χ4v) is 4.41. The lowest BCUT2D eigenvalue weighted by Crippen LogP contribution is -2.58. The third kappa shape index (κ3) is 4.59. The summed E-state index contributed by atoms with van der Waals surface area (Å²) in [5.41, 5.74) is 1.79. The first-order chi connectivity index (χ1) is 13.1. The molecule has 1 saturated carbocycles. The predicted octanol–water partition coefficient (Wildman–Crippen LogP) is 2.61. The molecule has 2 aliphatic rings. The van der Waals surface area contributed by atoms with Crippen molar-refractivity contribution in [3.63, 3.8) is 0 Å². The van der Waals surface area contributed by atoms with E-state index in [0.717, 1.165) is 37.1 Å². The van der Waals surface area contributed by atoms with Crippen molar-refractivity contribution < 1.29 is 9.59 Å². The summed E-state index contributed by atoms with van der Waals surface area (Å²) in [6, 6.07) is 7.66. The summed E-state index contributed by atoms with van der Waals surface area (Å²) in [7, 11) is 0. The van der Waals surface area contributed by atoms with Gasteiger partial charge in [0.15, 0.2) is 0 Å². The van der Waals surface area contributed by atoms with Crippen molar-refractivity contribution in [1.82, 2.24) is 15.1 Å². The van der Waals surface area contributed by atoms with E-state index < -0.39 is 0 Å². The van der Waals surface area contributed by atoms with E-state index in [4.69, 9.17) is 0 Å². The quantitative estimate of drug-likeness (QED) is 0.784. The zero-order valence-electron chi connectivity index (χ0n) is 16.3. The average Bonchev–Trinajstić information content (AvgIpc) is 3.21. The largest absolute Gasteiger partial charge is 0.351 e. The molecule has 1 aromatic rings. The number of benzene rings is 1. The number of nitrogens with zero attached hydrogens (tertiary/aromatic N) is 2. The van der Waals surface area contributed by atoms with Crippen molar-refractivity contribution in [2.45, 2.75) is 38.6 Å². The van der Waals surface area contributed by atoms with Gasteiger partial charge in [0.25, 0.3) is 5.91 Å². The number of carbonyl (C=O) groups excluding carboxylic acids is 2. The second-order valence-corrected chi connectivity index (χ2v) is 7.67. The Morgan fingerprint density at radius 1 is 1.19 bits per heavy atom. The Morgan fingerprint density at radius 3 is 2.48 bits per heavy atom. The Kier molecular flexibility index (Phi) is 6.67. The lowest BCUT2D eigenvalue weighted by molar-refractivity contribution is -0.129. The predicted molar refractivity (Wildman–Crippen MR) is 108 cm³/mol.